The van der Waals surface area contributed by atoms with E-state index in [0.717, 1.165) is 63.8 Å². The van der Waals surface area contributed by atoms with Crippen molar-refractivity contribution in [2.45, 2.75) is 173 Å². The van der Waals surface area contributed by atoms with E-state index in [1.165, 1.54) is 5.56 Å². The summed E-state index contributed by atoms with van der Waals surface area (Å²) in [7, 11) is -5.77. The summed E-state index contributed by atoms with van der Waals surface area (Å²) in [6.45, 7) is 31.3. The molecular weight excluding hydrogens is 557 g/mol. The van der Waals surface area contributed by atoms with Gasteiger partial charge in [-0.1, -0.05) is 98.8 Å². The standard InChI is InChI=1S/C33H68O3Si4/c1-14-30(15-2,31(16-3,17-4)39(13)36-32(18-5,19-6)37(9)10)34-40(28-27-29-25-23-22-24-26-29)33(20-7,21-8)35-38(11)12/h22-26,37-40H,14-21,27-28H2,1-13H3. The maximum Gasteiger partial charge on any atom is 0.208 e. The maximum absolute atomic E-state index is 7.92. The van der Waals surface area contributed by atoms with Crippen LogP contribution in [0.3, 0.4) is 0 Å². The minimum Gasteiger partial charge on any atom is -0.417 e. The van der Waals surface area contributed by atoms with Crippen LogP contribution >= 0.6 is 0 Å². The average molecular weight is 625 g/mol. The minimum absolute atomic E-state index is 0.0931. The molecule has 0 saturated heterocycles. The molecule has 7 heteroatoms. The van der Waals surface area contributed by atoms with Crippen molar-refractivity contribution >= 4 is 35.9 Å². The van der Waals surface area contributed by atoms with E-state index in [1.54, 1.807) is 0 Å². The molecule has 0 fully saturated rings. The molecule has 0 heterocycles. The summed E-state index contributed by atoms with van der Waals surface area (Å²) in [5, 5.41) is 0.0858. The minimum atomic E-state index is -1.84. The van der Waals surface area contributed by atoms with E-state index in [0.29, 0.717) is 0 Å². The van der Waals surface area contributed by atoms with Crippen molar-refractivity contribution in [2.75, 3.05) is 0 Å². The summed E-state index contributed by atoms with van der Waals surface area (Å²) in [5.41, 5.74) is 1.25. The third-order valence-electron chi connectivity index (χ3n) is 10.9. The van der Waals surface area contributed by atoms with Crippen LogP contribution in [0.4, 0.5) is 0 Å². The molecule has 1 rings (SSSR count). The van der Waals surface area contributed by atoms with Crippen molar-refractivity contribution in [3.8, 4) is 0 Å². The molecule has 2 unspecified atom stereocenters. The van der Waals surface area contributed by atoms with E-state index in [2.05, 4.69) is 118 Å². The first kappa shape index (κ1) is 38.0. The smallest absolute Gasteiger partial charge is 0.208 e. The topological polar surface area (TPSA) is 27.7 Å². The number of benzene rings is 1. The maximum atomic E-state index is 7.92. The second kappa shape index (κ2) is 17.3. The van der Waals surface area contributed by atoms with Gasteiger partial charge >= 0.3 is 0 Å². The van der Waals surface area contributed by atoms with Crippen molar-refractivity contribution in [3.63, 3.8) is 0 Å². The van der Waals surface area contributed by atoms with Gasteiger partial charge in [-0.15, -0.1) is 0 Å². The molecule has 1 aromatic carbocycles. The van der Waals surface area contributed by atoms with E-state index < -0.39 is 35.9 Å². The first-order valence-electron chi connectivity index (χ1n) is 17.0. The zero-order valence-electron chi connectivity index (χ0n) is 29.0. The van der Waals surface area contributed by atoms with Crippen LogP contribution in [0.5, 0.6) is 0 Å². The molecule has 0 bridgehead atoms. The van der Waals surface area contributed by atoms with Gasteiger partial charge in [0, 0.05) is 10.3 Å². The molecule has 0 spiro atoms. The van der Waals surface area contributed by atoms with Gasteiger partial charge < -0.3 is 13.3 Å². The first-order chi connectivity index (χ1) is 18.9. The molecule has 0 saturated carbocycles. The molecular formula is C33H68O3Si4. The van der Waals surface area contributed by atoms with Crippen LogP contribution in [0, 0.1) is 0 Å². The fraction of sp³-hybridized carbons (Fsp3) is 0.818. The van der Waals surface area contributed by atoms with Gasteiger partial charge in [-0.05, 0) is 89.0 Å². The highest BCUT2D eigenvalue weighted by Crippen LogP contribution is 2.56. The lowest BCUT2D eigenvalue weighted by Crippen LogP contribution is -2.62. The van der Waals surface area contributed by atoms with Crippen LogP contribution in [0.15, 0.2) is 30.3 Å². The summed E-state index contributed by atoms with van der Waals surface area (Å²) < 4.78 is 22.5. The summed E-state index contributed by atoms with van der Waals surface area (Å²) in [5.74, 6) is 0. The molecule has 0 aliphatic carbocycles. The Hall–Kier alpha value is -0.0325. The predicted molar refractivity (Wildman–Crippen MR) is 189 cm³/mol. The van der Waals surface area contributed by atoms with Crippen LogP contribution in [-0.4, -0.2) is 52.0 Å². The van der Waals surface area contributed by atoms with Gasteiger partial charge in [0.05, 0.1) is 19.6 Å². The first-order valence-corrected chi connectivity index (χ1v) is 26.7. The van der Waals surface area contributed by atoms with Gasteiger partial charge in [0.25, 0.3) is 0 Å². The quantitative estimate of drug-likeness (QED) is 0.128. The highest BCUT2D eigenvalue weighted by Gasteiger charge is 2.56. The molecule has 0 radical (unpaired) electrons. The third-order valence-corrected chi connectivity index (χ3v) is 22.8. The molecule has 0 N–H and O–H groups in total. The Kier molecular flexibility index (Phi) is 16.4. The summed E-state index contributed by atoms with van der Waals surface area (Å²) in [4.78, 5) is 0. The van der Waals surface area contributed by atoms with Gasteiger partial charge in [-0.2, -0.15) is 0 Å². The van der Waals surface area contributed by atoms with Gasteiger partial charge in [-0.25, -0.2) is 0 Å². The second-order valence-corrected chi connectivity index (χ2v) is 24.0. The highest BCUT2D eigenvalue weighted by atomic mass is 28.3. The number of hydrogen-bond acceptors (Lipinski definition) is 3. The molecule has 234 valence electrons. The van der Waals surface area contributed by atoms with Crippen LogP contribution in [-0.2, 0) is 19.7 Å². The van der Waals surface area contributed by atoms with Crippen molar-refractivity contribution in [3.05, 3.63) is 35.9 Å². The van der Waals surface area contributed by atoms with Crippen molar-refractivity contribution in [1.29, 1.82) is 0 Å². The lowest BCUT2D eigenvalue weighted by Gasteiger charge is -2.57. The summed E-state index contributed by atoms with van der Waals surface area (Å²) >= 11 is 0. The lowest BCUT2D eigenvalue weighted by atomic mass is 9.78. The van der Waals surface area contributed by atoms with Gasteiger partial charge in [0.15, 0.2) is 18.1 Å². The van der Waals surface area contributed by atoms with E-state index in [-0.39, 0.29) is 21.1 Å². The SMILES string of the molecule is CCC(CC)(O[SiH](C)C(CC)(CC)C(CC)(CC)O[SiH](CCc1ccccc1)C(CC)(CC)O[SiH](C)C)[SiH](C)C. The van der Waals surface area contributed by atoms with Gasteiger partial charge in [0.2, 0.25) is 9.04 Å². The van der Waals surface area contributed by atoms with E-state index in [9.17, 15) is 0 Å². The number of hydrogen-bond donors (Lipinski definition) is 0. The third kappa shape index (κ3) is 8.32. The van der Waals surface area contributed by atoms with Crippen LogP contribution < -0.4 is 0 Å². The molecule has 0 aliphatic heterocycles. The zero-order valence-corrected chi connectivity index (χ0v) is 33.6. The normalized spacial score (nSPS) is 15.2. The van der Waals surface area contributed by atoms with Crippen molar-refractivity contribution in [1.82, 2.24) is 0 Å². The van der Waals surface area contributed by atoms with Crippen molar-refractivity contribution in [2.24, 2.45) is 0 Å². The monoisotopic (exact) mass is 624 g/mol. The van der Waals surface area contributed by atoms with Crippen LogP contribution in [0.1, 0.15) is 112 Å². The Morgan fingerprint density at radius 3 is 1.45 bits per heavy atom. The second-order valence-electron chi connectivity index (χ2n) is 12.8. The molecule has 3 nitrogen and oxygen atoms in total. The summed E-state index contributed by atoms with van der Waals surface area (Å²) in [6, 6.07) is 12.2. The number of aryl methyl sites for hydroxylation is 1. The summed E-state index contributed by atoms with van der Waals surface area (Å²) in [6.07, 6.45) is 9.81. The Bertz CT molecular complexity index is 801. The molecule has 0 amide bonds. The van der Waals surface area contributed by atoms with E-state index in [4.69, 9.17) is 13.3 Å². The number of rotatable bonds is 21. The van der Waals surface area contributed by atoms with Crippen LogP contribution in [0.2, 0.25) is 43.8 Å². The molecule has 1 aromatic rings. The highest BCUT2D eigenvalue weighted by molar-refractivity contribution is 6.62. The molecule has 0 aliphatic rings. The average Bonchev–Trinajstić information content (AvgIpc) is 2.96. The van der Waals surface area contributed by atoms with Gasteiger partial charge in [0.1, 0.15) is 0 Å². The molecule has 40 heavy (non-hydrogen) atoms. The fourth-order valence-corrected chi connectivity index (χ4v) is 21.2. The lowest BCUT2D eigenvalue weighted by molar-refractivity contribution is -0.0289. The Morgan fingerprint density at radius 1 is 0.575 bits per heavy atom. The Morgan fingerprint density at radius 2 is 1.07 bits per heavy atom. The Labute approximate surface area is 257 Å². The predicted octanol–water partition coefficient (Wildman–Crippen LogP) is 9.14. The molecule has 2 atom stereocenters. The van der Waals surface area contributed by atoms with Gasteiger partial charge in [-0.3, -0.25) is 0 Å². The van der Waals surface area contributed by atoms with E-state index in [1.807, 2.05) is 0 Å². The fourth-order valence-electron chi connectivity index (χ4n) is 7.97. The zero-order chi connectivity index (χ0) is 30.6. The van der Waals surface area contributed by atoms with E-state index >= 15 is 0 Å². The van der Waals surface area contributed by atoms with Crippen molar-refractivity contribution < 1.29 is 13.3 Å². The van der Waals surface area contributed by atoms with Crippen LogP contribution in [0.25, 0.3) is 0 Å². The molecule has 0 aromatic heterocycles. The largest absolute Gasteiger partial charge is 0.417 e. The Balaban J connectivity index is 3.71.